The van der Waals surface area contributed by atoms with Crippen LogP contribution in [0, 0.1) is 0 Å². The topological polar surface area (TPSA) is 88.1 Å². The maximum atomic E-state index is 11.5. The van der Waals surface area contributed by atoms with E-state index in [2.05, 4.69) is 0 Å². The van der Waals surface area contributed by atoms with Crippen LogP contribution in [-0.2, 0) is 33.3 Å². The summed E-state index contributed by atoms with van der Waals surface area (Å²) in [6.07, 6.45) is -2.40. The average Bonchev–Trinajstić information content (AvgIpc) is 2.82. The molecular formula is C17H20O7S. The summed E-state index contributed by atoms with van der Waals surface area (Å²) >= 11 is 1.34. The summed E-state index contributed by atoms with van der Waals surface area (Å²) in [7, 11) is 0. The Morgan fingerprint density at radius 2 is 1.56 bits per heavy atom. The smallest absolute Gasteiger partial charge is 0.303 e. The lowest BCUT2D eigenvalue weighted by atomic mass is 10.1. The second-order valence-electron chi connectivity index (χ2n) is 5.42. The quantitative estimate of drug-likeness (QED) is 0.556. The van der Waals surface area contributed by atoms with Crippen LogP contribution >= 0.6 is 11.8 Å². The fraction of sp³-hybridized carbons (Fsp3) is 0.471. The van der Waals surface area contributed by atoms with Gasteiger partial charge in [-0.15, -0.1) is 0 Å². The number of rotatable bonds is 6. The van der Waals surface area contributed by atoms with Crippen molar-refractivity contribution < 1.29 is 33.3 Å². The van der Waals surface area contributed by atoms with Gasteiger partial charge < -0.3 is 18.9 Å². The molecule has 1 aromatic rings. The molecule has 1 aliphatic heterocycles. The lowest BCUT2D eigenvalue weighted by molar-refractivity contribution is -0.165. The highest BCUT2D eigenvalue weighted by molar-refractivity contribution is 7.99. The first-order valence-electron chi connectivity index (χ1n) is 7.71. The van der Waals surface area contributed by atoms with Gasteiger partial charge in [-0.25, -0.2) is 0 Å². The number of hydrogen-bond donors (Lipinski definition) is 0. The van der Waals surface area contributed by atoms with Gasteiger partial charge in [0.15, 0.2) is 12.2 Å². The van der Waals surface area contributed by atoms with Gasteiger partial charge >= 0.3 is 17.9 Å². The van der Waals surface area contributed by atoms with Gasteiger partial charge in [-0.1, -0.05) is 30.0 Å². The number of benzene rings is 1. The van der Waals surface area contributed by atoms with Crippen LogP contribution in [0.3, 0.4) is 0 Å². The molecule has 0 aromatic heterocycles. The molecule has 8 heteroatoms. The third kappa shape index (κ3) is 5.75. The van der Waals surface area contributed by atoms with Gasteiger partial charge in [0, 0.05) is 25.7 Å². The van der Waals surface area contributed by atoms with E-state index in [9.17, 15) is 14.4 Å². The van der Waals surface area contributed by atoms with Gasteiger partial charge in [0.2, 0.25) is 0 Å². The summed E-state index contributed by atoms with van der Waals surface area (Å²) in [6.45, 7) is 3.70. The summed E-state index contributed by atoms with van der Waals surface area (Å²) < 4.78 is 21.5. The van der Waals surface area contributed by atoms with E-state index in [-0.39, 0.29) is 6.61 Å². The summed E-state index contributed by atoms with van der Waals surface area (Å²) in [5.74, 6) is -1.53. The molecule has 1 saturated heterocycles. The molecule has 0 amide bonds. The van der Waals surface area contributed by atoms with Crippen LogP contribution in [0.2, 0.25) is 0 Å². The van der Waals surface area contributed by atoms with Gasteiger partial charge in [0.1, 0.15) is 18.1 Å². The van der Waals surface area contributed by atoms with E-state index >= 15 is 0 Å². The second kappa shape index (κ2) is 8.87. The Hall–Kier alpha value is -2.06. The maximum absolute atomic E-state index is 11.5. The number of carbonyl (C=O) groups is 3. The Morgan fingerprint density at radius 3 is 2.12 bits per heavy atom. The molecule has 1 aromatic carbocycles. The van der Waals surface area contributed by atoms with Crippen molar-refractivity contribution >= 4 is 29.7 Å². The minimum Gasteiger partial charge on any atom is -0.463 e. The monoisotopic (exact) mass is 368 g/mol. The van der Waals surface area contributed by atoms with Crippen LogP contribution in [0.4, 0.5) is 0 Å². The third-order valence-corrected chi connectivity index (χ3v) is 4.47. The molecule has 0 spiro atoms. The zero-order valence-corrected chi connectivity index (χ0v) is 15.0. The van der Waals surface area contributed by atoms with E-state index in [1.54, 1.807) is 0 Å². The van der Waals surface area contributed by atoms with Gasteiger partial charge in [-0.05, 0) is 12.1 Å². The van der Waals surface area contributed by atoms with Crippen molar-refractivity contribution in [3.05, 3.63) is 30.3 Å². The molecule has 1 aliphatic rings. The summed E-state index contributed by atoms with van der Waals surface area (Å²) in [5, 5.41) is 0. The molecule has 2 rings (SSSR count). The first kappa shape index (κ1) is 19.3. The van der Waals surface area contributed by atoms with Crippen molar-refractivity contribution in [2.24, 2.45) is 0 Å². The molecule has 136 valence electrons. The predicted molar refractivity (Wildman–Crippen MR) is 88.7 cm³/mol. The molecule has 7 nitrogen and oxygen atoms in total. The van der Waals surface area contributed by atoms with Crippen LogP contribution in [0.25, 0.3) is 0 Å². The van der Waals surface area contributed by atoms with Crippen LogP contribution in [0.1, 0.15) is 20.8 Å². The molecule has 25 heavy (non-hydrogen) atoms. The Morgan fingerprint density at radius 1 is 0.960 bits per heavy atom. The Kier molecular flexibility index (Phi) is 6.83. The molecule has 2 unspecified atom stereocenters. The van der Waals surface area contributed by atoms with Gasteiger partial charge in [-0.3, -0.25) is 14.4 Å². The highest BCUT2D eigenvalue weighted by Crippen LogP contribution is 2.37. The van der Waals surface area contributed by atoms with E-state index in [4.69, 9.17) is 18.9 Å². The lowest BCUT2D eigenvalue weighted by Crippen LogP contribution is -2.40. The Bertz CT molecular complexity index is 619. The zero-order valence-electron chi connectivity index (χ0n) is 14.2. The largest absolute Gasteiger partial charge is 0.463 e. The Labute approximate surface area is 150 Å². The van der Waals surface area contributed by atoms with Crippen molar-refractivity contribution in [3.63, 3.8) is 0 Å². The van der Waals surface area contributed by atoms with E-state index in [0.29, 0.717) is 0 Å². The van der Waals surface area contributed by atoms with E-state index in [1.807, 2.05) is 30.3 Å². The molecule has 0 N–H and O–H groups in total. The third-order valence-electron chi connectivity index (χ3n) is 3.32. The van der Waals surface area contributed by atoms with Crippen molar-refractivity contribution in [2.45, 2.75) is 49.4 Å². The van der Waals surface area contributed by atoms with Crippen LogP contribution < -0.4 is 0 Å². The van der Waals surface area contributed by atoms with E-state index < -0.39 is 41.7 Å². The number of carbonyl (C=O) groups excluding carboxylic acids is 3. The maximum Gasteiger partial charge on any atom is 0.303 e. The second-order valence-corrected chi connectivity index (χ2v) is 6.60. The molecular weight excluding hydrogens is 348 g/mol. The van der Waals surface area contributed by atoms with Crippen molar-refractivity contribution in [1.29, 1.82) is 0 Å². The predicted octanol–water partition coefficient (Wildman–Crippen LogP) is 1.93. The minimum atomic E-state index is -0.859. The SMILES string of the molecule is CC(=O)OC[C@H]1O[C@@H](Sc2ccccc2)C(OC(C)=O)C1OC(C)=O. The molecule has 0 saturated carbocycles. The molecule has 0 aliphatic carbocycles. The highest BCUT2D eigenvalue weighted by atomic mass is 32.2. The lowest BCUT2D eigenvalue weighted by Gasteiger charge is -2.23. The average molecular weight is 368 g/mol. The normalized spacial score (nSPS) is 25.2. The van der Waals surface area contributed by atoms with Crippen molar-refractivity contribution in [3.8, 4) is 0 Å². The summed E-state index contributed by atoms with van der Waals surface area (Å²) in [4.78, 5) is 34.9. The van der Waals surface area contributed by atoms with Gasteiger partial charge in [-0.2, -0.15) is 0 Å². The Balaban J connectivity index is 2.21. The van der Waals surface area contributed by atoms with Gasteiger partial charge in [0.25, 0.3) is 0 Å². The molecule has 0 bridgehead atoms. The zero-order chi connectivity index (χ0) is 18.4. The molecule has 1 heterocycles. The van der Waals surface area contributed by atoms with Crippen molar-refractivity contribution in [2.75, 3.05) is 6.61 Å². The fourth-order valence-electron chi connectivity index (χ4n) is 2.40. The number of ether oxygens (including phenoxy) is 4. The molecule has 1 fully saturated rings. The van der Waals surface area contributed by atoms with Gasteiger partial charge in [0.05, 0.1) is 0 Å². The number of esters is 3. The van der Waals surface area contributed by atoms with Crippen LogP contribution in [0.5, 0.6) is 0 Å². The van der Waals surface area contributed by atoms with Crippen LogP contribution in [0.15, 0.2) is 35.2 Å². The fourth-order valence-corrected chi connectivity index (χ4v) is 3.53. The number of hydrogen-bond acceptors (Lipinski definition) is 8. The first-order chi connectivity index (χ1) is 11.9. The van der Waals surface area contributed by atoms with Crippen molar-refractivity contribution in [1.82, 2.24) is 0 Å². The van der Waals surface area contributed by atoms with E-state index in [0.717, 1.165) is 4.90 Å². The van der Waals surface area contributed by atoms with Crippen LogP contribution in [-0.4, -0.2) is 48.3 Å². The molecule has 0 radical (unpaired) electrons. The summed E-state index contributed by atoms with van der Waals surface area (Å²) in [6, 6.07) is 9.41. The first-order valence-corrected chi connectivity index (χ1v) is 8.59. The minimum absolute atomic E-state index is 0.100. The summed E-state index contributed by atoms with van der Waals surface area (Å²) in [5.41, 5.74) is -0.601. The highest BCUT2D eigenvalue weighted by Gasteiger charge is 2.50. The standard InChI is InChI=1S/C17H20O7S/c1-10(18)21-9-14-15(22-11(2)19)16(23-12(3)20)17(24-14)25-13-7-5-4-6-8-13/h4-8,14-17H,9H2,1-3H3/t14-,15?,16?,17+/m1/s1. The number of thioether (sulfide) groups is 1. The molecule has 4 atom stereocenters. The van der Waals surface area contributed by atoms with E-state index in [1.165, 1.54) is 32.5 Å².